The normalized spacial score (nSPS) is 17.4. The quantitative estimate of drug-likeness (QED) is 0.242. The molecule has 6 atom stereocenters. The van der Waals surface area contributed by atoms with Gasteiger partial charge in [0, 0.05) is 0 Å². The number of aliphatic hydroxyl groups excluding tert-OH is 1. The number of nitrogens with one attached hydrogen (secondary N) is 3. The summed E-state index contributed by atoms with van der Waals surface area (Å²) in [6.45, 7) is 7.83. The van der Waals surface area contributed by atoms with Crippen LogP contribution in [0, 0.1) is 11.8 Å². The monoisotopic (exact) mass is 402 g/mol. The summed E-state index contributed by atoms with van der Waals surface area (Å²) in [4.78, 5) is 48.3. The van der Waals surface area contributed by atoms with Crippen LogP contribution in [0.4, 0.5) is 0 Å². The average Bonchev–Trinajstić information content (AvgIpc) is 2.65. The van der Waals surface area contributed by atoms with Gasteiger partial charge in [-0.15, -0.1) is 0 Å². The maximum atomic E-state index is 12.7. The molecule has 10 nitrogen and oxygen atoms in total. The minimum Gasteiger partial charge on any atom is -0.480 e. The van der Waals surface area contributed by atoms with Gasteiger partial charge in [-0.05, 0) is 18.8 Å². The summed E-state index contributed by atoms with van der Waals surface area (Å²) in [5.41, 5.74) is 5.44. The standard InChI is InChI=1S/C18H34N4O6/c1-6-9(3)13(17(26)22-14(18(27)28)10(4)7-2)21-16(25)12(8-23)20-15(24)11(5)19/h9-14,23H,6-8,19H2,1-5H3,(H,20,24)(H,21,25)(H,22,26)(H,27,28). The first-order valence-corrected chi connectivity index (χ1v) is 9.50. The average molecular weight is 402 g/mol. The molecule has 0 saturated carbocycles. The van der Waals surface area contributed by atoms with Crippen LogP contribution in [0.1, 0.15) is 47.5 Å². The van der Waals surface area contributed by atoms with E-state index in [1.54, 1.807) is 13.8 Å². The van der Waals surface area contributed by atoms with E-state index in [-0.39, 0.29) is 11.8 Å². The van der Waals surface area contributed by atoms with Crippen LogP contribution in [0.5, 0.6) is 0 Å². The van der Waals surface area contributed by atoms with Crippen molar-refractivity contribution in [3.63, 3.8) is 0 Å². The van der Waals surface area contributed by atoms with Crippen LogP contribution >= 0.6 is 0 Å². The van der Waals surface area contributed by atoms with E-state index in [1.165, 1.54) is 6.92 Å². The van der Waals surface area contributed by atoms with E-state index >= 15 is 0 Å². The Kier molecular flexibility index (Phi) is 11.3. The predicted octanol–water partition coefficient (Wildman–Crippen LogP) is -1.04. The predicted molar refractivity (Wildman–Crippen MR) is 103 cm³/mol. The smallest absolute Gasteiger partial charge is 0.326 e. The number of amides is 3. The van der Waals surface area contributed by atoms with Gasteiger partial charge in [0.15, 0.2) is 0 Å². The fourth-order valence-electron chi connectivity index (χ4n) is 2.38. The molecule has 0 aliphatic carbocycles. The largest absolute Gasteiger partial charge is 0.480 e. The van der Waals surface area contributed by atoms with Gasteiger partial charge in [-0.25, -0.2) is 4.79 Å². The van der Waals surface area contributed by atoms with E-state index in [4.69, 9.17) is 5.73 Å². The van der Waals surface area contributed by atoms with Crippen LogP contribution in [0.25, 0.3) is 0 Å². The van der Waals surface area contributed by atoms with Crippen molar-refractivity contribution in [2.45, 2.75) is 71.6 Å². The highest BCUT2D eigenvalue weighted by Gasteiger charge is 2.33. The first-order valence-electron chi connectivity index (χ1n) is 9.50. The van der Waals surface area contributed by atoms with Gasteiger partial charge < -0.3 is 31.9 Å². The lowest BCUT2D eigenvalue weighted by Crippen LogP contribution is -2.59. The molecule has 0 bridgehead atoms. The van der Waals surface area contributed by atoms with Crippen molar-refractivity contribution in [2.75, 3.05) is 6.61 Å². The van der Waals surface area contributed by atoms with Crippen molar-refractivity contribution in [1.29, 1.82) is 0 Å². The molecular formula is C18H34N4O6. The van der Waals surface area contributed by atoms with Gasteiger partial charge in [-0.1, -0.05) is 40.5 Å². The van der Waals surface area contributed by atoms with E-state index < -0.39 is 54.5 Å². The third-order valence-corrected chi connectivity index (χ3v) is 4.80. The van der Waals surface area contributed by atoms with E-state index in [9.17, 15) is 29.4 Å². The lowest BCUT2D eigenvalue weighted by atomic mass is 9.95. The van der Waals surface area contributed by atoms with E-state index in [0.29, 0.717) is 12.8 Å². The second-order valence-electron chi connectivity index (χ2n) is 7.11. The Labute approximate surface area is 165 Å². The fourth-order valence-corrected chi connectivity index (χ4v) is 2.38. The summed E-state index contributed by atoms with van der Waals surface area (Å²) in [7, 11) is 0. The van der Waals surface area contributed by atoms with Gasteiger partial charge in [0.05, 0.1) is 12.6 Å². The molecule has 10 heteroatoms. The number of aliphatic carboxylic acids is 1. The molecule has 3 amide bonds. The molecule has 0 aliphatic heterocycles. The number of carbonyl (C=O) groups is 4. The first kappa shape index (κ1) is 25.8. The van der Waals surface area contributed by atoms with Gasteiger partial charge in [-0.3, -0.25) is 14.4 Å². The van der Waals surface area contributed by atoms with Crippen molar-refractivity contribution >= 4 is 23.7 Å². The number of nitrogens with two attached hydrogens (primary N) is 1. The molecule has 0 heterocycles. The van der Waals surface area contributed by atoms with Crippen LogP contribution in [-0.4, -0.2) is 64.7 Å². The topological polar surface area (TPSA) is 171 Å². The molecule has 0 radical (unpaired) electrons. The SMILES string of the molecule is CCC(C)C(NC(=O)C(NC(=O)C(CO)NC(=O)C(C)N)C(C)CC)C(=O)O. The number of hydrogen-bond donors (Lipinski definition) is 6. The zero-order chi connectivity index (χ0) is 22.0. The first-order chi connectivity index (χ1) is 13.0. The third kappa shape index (κ3) is 7.81. The van der Waals surface area contributed by atoms with Crippen molar-refractivity contribution in [2.24, 2.45) is 17.6 Å². The lowest BCUT2D eigenvalue weighted by Gasteiger charge is -2.28. The summed E-state index contributed by atoms with van der Waals surface area (Å²) >= 11 is 0. The van der Waals surface area contributed by atoms with E-state index in [0.717, 1.165) is 0 Å². The second kappa shape index (κ2) is 12.3. The highest BCUT2D eigenvalue weighted by atomic mass is 16.4. The maximum absolute atomic E-state index is 12.7. The summed E-state index contributed by atoms with van der Waals surface area (Å²) in [6.07, 6.45) is 1.09. The molecule has 162 valence electrons. The summed E-state index contributed by atoms with van der Waals surface area (Å²) < 4.78 is 0. The molecule has 0 aromatic rings. The van der Waals surface area contributed by atoms with Gasteiger partial charge >= 0.3 is 5.97 Å². The van der Waals surface area contributed by atoms with Crippen LogP contribution in [-0.2, 0) is 19.2 Å². The van der Waals surface area contributed by atoms with E-state index in [2.05, 4.69) is 16.0 Å². The highest BCUT2D eigenvalue weighted by molar-refractivity contribution is 5.94. The number of hydrogen-bond acceptors (Lipinski definition) is 6. The van der Waals surface area contributed by atoms with Crippen molar-refractivity contribution in [1.82, 2.24) is 16.0 Å². The zero-order valence-corrected chi connectivity index (χ0v) is 17.2. The minimum atomic E-state index is -1.28. The molecular weight excluding hydrogens is 368 g/mol. The number of carbonyl (C=O) groups excluding carboxylic acids is 3. The molecule has 0 aromatic carbocycles. The molecule has 0 rings (SSSR count). The molecule has 0 spiro atoms. The lowest BCUT2D eigenvalue weighted by molar-refractivity contribution is -0.144. The molecule has 6 unspecified atom stereocenters. The summed E-state index contributed by atoms with van der Waals surface area (Å²) in [5.74, 6) is -3.78. The Bertz CT molecular complexity index is 554. The van der Waals surface area contributed by atoms with Gasteiger partial charge in [0.1, 0.15) is 18.1 Å². The van der Waals surface area contributed by atoms with Crippen molar-refractivity contribution in [3.8, 4) is 0 Å². The van der Waals surface area contributed by atoms with Crippen LogP contribution in [0.3, 0.4) is 0 Å². The van der Waals surface area contributed by atoms with Crippen molar-refractivity contribution < 1.29 is 29.4 Å². The van der Waals surface area contributed by atoms with Crippen LogP contribution in [0.2, 0.25) is 0 Å². The highest BCUT2D eigenvalue weighted by Crippen LogP contribution is 2.12. The molecule has 28 heavy (non-hydrogen) atoms. The Balaban J connectivity index is 5.35. The Hall–Kier alpha value is -2.20. The van der Waals surface area contributed by atoms with Crippen LogP contribution < -0.4 is 21.7 Å². The number of rotatable bonds is 12. The number of carboxylic acids is 1. The second-order valence-corrected chi connectivity index (χ2v) is 7.11. The summed E-state index contributed by atoms with van der Waals surface area (Å²) in [6, 6.07) is -4.26. The Morgan fingerprint density at radius 1 is 0.821 bits per heavy atom. The van der Waals surface area contributed by atoms with E-state index in [1.807, 2.05) is 13.8 Å². The molecule has 0 fully saturated rings. The molecule has 0 saturated heterocycles. The minimum absolute atomic E-state index is 0.301. The fraction of sp³-hybridized carbons (Fsp3) is 0.778. The number of carboxylic acid groups (broad SMARTS) is 1. The summed E-state index contributed by atoms with van der Waals surface area (Å²) in [5, 5.41) is 26.1. The van der Waals surface area contributed by atoms with Gasteiger partial charge in [0.25, 0.3) is 0 Å². The number of aliphatic hydroxyl groups is 1. The van der Waals surface area contributed by atoms with Gasteiger partial charge in [-0.2, -0.15) is 0 Å². The van der Waals surface area contributed by atoms with Crippen molar-refractivity contribution in [3.05, 3.63) is 0 Å². The molecule has 0 aliphatic rings. The Morgan fingerprint density at radius 2 is 1.29 bits per heavy atom. The Morgan fingerprint density at radius 3 is 1.68 bits per heavy atom. The zero-order valence-electron chi connectivity index (χ0n) is 17.2. The third-order valence-electron chi connectivity index (χ3n) is 4.80. The molecule has 0 aromatic heterocycles. The van der Waals surface area contributed by atoms with Gasteiger partial charge in [0.2, 0.25) is 17.7 Å². The maximum Gasteiger partial charge on any atom is 0.326 e. The van der Waals surface area contributed by atoms with Crippen LogP contribution in [0.15, 0.2) is 0 Å². The molecule has 7 N–H and O–H groups in total.